The zero-order chi connectivity index (χ0) is 12.3. The third kappa shape index (κ3) is 2.74. The van der Waals surface area contributed by atoms with E-state index in [1.807, 2.05) is 13.0 Å². The van der Waals surface area contributed by atoms with E-state index < -0.39 is 0 Å². The van der Waals surface area contributed by atoms with Crippen molar-refractivity contribution >= 4 is 11.4 Å². The quantitative estimate of drug-likeness (QED) is 0.688. The minimum absolute atomic E-state index is 0.373. The summed E-state index contributed by atoms with van der Waals surface area (Å²) in [6.45, 7) is 3.50. The molecule has 4 N–H and O–H groups in total. The van der Waals surface area contributed by atoms with Gasteiger partial charge in [-0.1, -0.05) is 6.92 Å². The van der Waals surface area contributed by atoms with Crippen LogP contribution in [0.5, 0.6) is 11.5 Å². The van der Waals surface area contributed by atoms with E-state index >= 15 is 0 Å². The van der Waals surface area contributed by atoms with Crippen LogP contribution in [0.4, 0.5) is 11.4 Å². The molecule has 1 atom stereocenters. The predicted molar refractivity (Wildman–Crippen MR) is 66.6 cm³/mol. The summed E-state index contributed by atoms with van der Waals surface area (Å²) in [7, 11) is 0. The molecule has 1 aromatic carbocycles. The summed E-state index contributed by atoms with van der Waals surface area (Å²) in [5, 5.41) is 12.6. The largest absolute Gasteiger partial charge is 0.486 e. The highest BCUT2D eigenvalue weighted by atomic mass is 16.6. The van der Waals surface area contributed by atoms with Gasteiger partial charge in [0.2, 0.25) is 0 Å². The Kier molecular flexibility index (Phi) is 3.58. The highest BCUT2D eigenvalue weighted by molar-refractivity contribution is 5.72. The Labute approximate surface area is 101 Å². The molecular formula is C12H18N2O3. The first kappa shape index (κ1) is 11.9. The second-order valence-corrected chi connectivity index (χ2v) is 4.03. The molecule has 17 heavy (non-hydrogen) atoms. The minimum atomic E-state index is -0.373. The fourth-order valence-corrected chi connectivity index (χ4v) is 1.63. The number of anilines is 2. The molecule has 1 heterocycles. The van der Waals surface area contributed by atoms with Crippen LogP contribution in [0.1, 0.15) is 13.3 Å². The fourth-order valence-electron chi connectivity index (χ4n) is 1.63. The summed E-state index contributed by atoms with van der Waals surface area (Å²) in [5.41, 5.74) is 7.25. The lowest BCUT2D eigenvalue weighted by molar-refractivity contribution is 0.171. The van der Waals surface area contributed by atoms with Crippen LogP contribution in [0.25, 0.3) is 0 Å². The average molecular weight is 238 g/mol. The molecule has 1 aromatic rings. The molecule has 1 unspecified atom stereocenters. The van der Waals surface area contributed by atoms with Crippen molar-refractivity contribution in [3.63, 3.8) is 0 Å². The van der Waals surface area contributed by atoms with Crippen molar-refractivity contribution in [3.05, 3.63) is 12.1 Å². The number of nitrogen functional groups attached to an aromatic ring is 1. The first-order valence-corrected chi connectivity index (χ1v) is 5.81. The van der Waals surface area contributed by atoms with Gasteiger partial charge in [-0.25, -0.2) is 0 Å². The van der Waals surface area contributed by atoms with Gasteiger partial charge in [-0.3, -0.25) is 0 Å². The topological polar surface area (TPSA) is 76.7 Å². The van der Waals surface area contributed by atoms with Gasteiger partial charge in [-0.2, -0.15) is 0 Å². The molecule has 94 valence electrons. The van der Waals surface area contributed by atoms with Crippen molar-refractivity contribution in [2.45, 2.75) is 19.4 Å². The van der Waals surface area contributed by atoms with Gasteiger partial charge in [0.25, 0.3) is 0 Å². The molecule has 1 aliphatic heterocycles. The maximum atomic E-state index is 9.49. The van der Waals surface area contributed by atoms with Crippen molar-refractivity contribution in [2.75, 3.05) is 30.8 Å². The molecule has 2 rings (SSSR count). The van der Waals surface area contributed by atoms with E-state index in [9.17, 15) is 5.11 Å². The second-order valence-electron chi connectivity index (χ2n) is 4.03. The number of nitrogens with one attached hydrogen (secondary N) is 1. The molecule has 0 spiro atoms. The second kappa shape index (κ2) is 5.14. The molecule has 5 heteroatoms. The lowest BCUT2D eigenvalue weighted by Crippen LogP contribution is -2.20. The van der Waals surface area contributed by atoms with Crippen LogP contribution < -0.4 is 20.5 Å². The molecule has 0 saturated carbocycles. The number of benzene rings is 1. The predicted octanol–water partition coefficient (Wildman–Crippen LogP) is 1.22. The van der Waals surface area contributed by atoms with Crippen LogP contribution in [0.15, 0.2) is 12.1 Å². The van der Waals surface area contributed by atoms with Crippen molar-refractivity contribution < 1.29 is 14.6 Å². The van der Waals surface area contributed by atoms with E-state index in [4.69, 9.17) is 15.2 Å². The monoisotopic (exact) mass is 238 g/mol. The van der Waals surface area contributed by atoms with Crippen LogP contribution in [0.3, 0.4) is 0 Å². The molecular weight excluding hydrogens is 220 g/mol. The first-order chi connectivity index (χ1) is 8.20. The van der Waals surface area contributed by atoms with Gasteiger partial charge in [-0.15, -0.1) is 0 Å². The molecule has 1 aliphatic rings. The highest BCUT2D eigenvalue weighted by Gasteiger charge is 2.14. The molecule has 0 aromatic heterocycles. The number of hydrogen-bond donors (Lipinski definition) is 3. The van der Waals surface area contributed by atoms with Crippen molar-refractivity contribution in [3.8, 4) is 11.5 Å². The lowest BCUT2D eigenvalue weighted by Gasteiger charge is -2.21. The summed E-state index contributed by atoms with van der Waals surface area (Å²) < 4.78 is 10.9. The van der Waals surface area contributed by atoms with Crippen LogP contribution in [-0.2, 0) is 0 Å². The van der Waals surface area contributed by atoms with Crippen molar-refractivity contribution in [1.82, 2.24) is 0 Å². The fraction of sp³-hybridized carbons (Fsp3) is 0.500. The Morgan fingerprint density at radius 2 is 2.00 bits per heavy atom. The summed E-state index contributed by atoms with van der Waals surface area (Å²) in [6.07, 6.45) is 0.333. The smallest absolute Gasteiger partial charge is 0.163 e. The van der Waals surface area contributed by atoms with Crippen LogP contribution in [0, 0.1) is 0 Å². The number of hydrogen-bond acceptors (Lipinski definition) is 5. The van der Waals surface area contributed by atoms with Gasteiger partial charge in [0.1, 0.15) is 13.2 Å². The molecule has 0 amide bonds. The SMILES string of the molecule is CCC(O)CNc1cc2c(cc1N)OCCO2. The number of aliphatic hydroxyl groups excluding tert-OH is 1. The molecule has 5 nitrogen and oxygen atoms in total. The first-order valence-electron chi connectivity index (χ1n) is 5.81. The Bertz CT molecular complexity index is 396. The molecule has 0 bridgehead atoms. The van der Waals surface area contributed by atoms with Gasteiger partial charge in [0.15, 0.2) is 11.5 Å². The van der Waals surface area contributed by atoms with Crippen molar-refractivity contribution in [1.29, 1.82) is 0 Å². The number of ether oxygens (including phenoxy) is 2. The lowest BCUT2D eigenvalue weighted by atomic mass is 10.2. The minimum Gasteiger partial charge on any atom is -0.486 e. The van der Waals surface area contributed by atoms with E-state index in [2.05, 4.69) is 5.32 Å². The van der Waals surface area contributed by atoms with Gasteiger partial charge in [-0.05, 0) is 6.42 Å². The Morgan fingerprint density at radius 3 is 2.65 bits per heavy atom. The van der Waals surface area contributed by atoms with E-state index in [1.54, 1.807) is 6.07 Å². The molecule has 0 radical (unpaired) electrons. The highest BCUT2D eigenvalue weighted by Crippen LogP contribution is 2.36. The van der Waals surface area contributed by atoms with E-state index in [0.29, 0.717) is 43.4 Å². The number of aliphatic hydroxyl groups is 1. The zero-order valence-corrected chi connectivity index (χ0v) is 9.90. The van der Waals surface area contributed by atoms with E-state index in [-0.39, 0.29) is 6.10 Å². The van der Waals surface area contributed by atoms with E-state index in [0.717, 1.165) is 5.69 Å². The average Bonchev–Trinajstić information content (AvgIpc) is 2.35. The Morgan fingerprint density at radius 1 is 1.35 bits per heavy atom. The van der Waals surface area contributed by atoms with Gasteiger partial charge in [0.05, 0.1) is 17.5 Å². The van der Waals surface area contributed by atoms with Gasteiger partial charge < -0.3 is 25.6 Å². The van der Waals surface area contributed by atoms with Crippen LogP contribution in [0.2, 0.25) is 0 Å². The van der Waals surface area contributed by atoms with Gasteiger partial charge in [0, 0.05) is 18.7 Å². The third-order valence-electron chi connectivity index (χ3n) is 2.71. The Hall–Kier alpha value is -1.62. The maximum Gasteiger partial charge on any atom is 0.163 e. The Balaban J connectivity index is 2.11. The normalized spacial score (nSPS) is 15.4. The number of rotatable bonds is 4. The molecule has 0 saturated heterocycles. The standard InChI is InChI=1S/C12H18N2O3/c1-2-8(15)7-14-10-6-12-11(5-9(10)13)16-3-4-17-12/h5-6,8,14-15H,2-4,7,13H2,1H3. The maximum absolute atomic E-state index is 9.49. The summed E-state index contributed by atoms with van der Waals surface area (Å²) in [4.78, 5) is 0. The molecule has 0 fully saturated rings. The third-order valence-corrected chi connectivity index (χ3v) is 2.71. The van der Waals surface area contributed by atoms with Gasteiger partial charge >= 0.3 is 0 Å². The number of nitrogens with two attached hydrogens (primary N) is 1. The zero-order valence-electron chi connectivity index (χ0n) is 9.90. The summed E-state index contributed by atoms with van der Waals surface area (Å²) in [6, 6.07) is 3.56. The molecule has 0 aliphatic carbocycles. The summed E-state index contributed by atoms with van der Waals surface area (Å²) >= 11 is 0. The van der Waals surface area contributed by atoms with Crippen LogP contribution >= 0.6 is 0 Å². The van der Waals surface area contributed by atoms with Crippen LogP contribution in [-0.4, -0.2) is 31.0 Å². The van der Waals surface area contributed by atoms with E-state index in [1.165, 1.54) is 0 Å². The van der Waals surface area contributed by atoms with Crippen molar-refractivity contribution in [2.24, 2.45) is 0 Å². The summed E-state index contributed by atoms with van der Waals surface area (Å²) in [5.74, 6) is 1.37. The number of fused-ring (bicyclic) bond motifs is 1.